The van der Waals surface area contributed by atoms with Crippen molar-refractivity contribution < 1.29 is 4.79 Å². The summed E-state index contributed by atoms with van der Waals surface area (Å²) in [5.41, 5.74) is 1.05. The highest BCUT2D eigenvalue weighted by Crippen LogP contribution is 2.50. The van der Waals surface area contributed by atoms with Gasteiger partial charge in [0.1, 0.15) is 0 Å². The summed E-state index contributed by atoms with van der Waals surface area (Å²) in [6.07, 6.45) is 5.90. The van der Waals surface area contributed by atoms with Gasteiger partial charge in [0.15, 0.2) is 0 Å². The van der Waals surface area contributed by atoms with Crippen LogP contribution in [-0.4, -0.2) is 48.9 Å². The monoisotopic (exact) mass is 312 g/mol. The Hall–Kier alpha value is -1.35. The fraction of sp³-hybridized carbons (Fsp3) is 0.650. The summed E-state index contributed by atoms with van der Waals surface area (Å²) in [7, 11) is 2.22. The van der Waals surface area contributed by atoms with Crippen LogP contribution in [0.4, 0.5) is 0 Å². The molecule has 1 saturated carbocycles. The largest absolute Gasteiger partial charge is 0.342 e. The molecule has 23 heavy (non-hydrogen) atoms. The third-order valence-electron chi connectivity index (χ3n) is 6.43. The van der Waals surface area contributed by atoms with Gasteiger partial charge < -0.3 is 9.80 Å². The molecule has 124 valence electrons. The summed E-state index contributed by atoms with van der Waals surface area (Å²) >= 11 is 0. The first-order valence-electron chi connectivity index (χ1n) is 9.22. The standard InChI is InChI=1S/C20H28N2O/c1-21-12-7-16(8-13-21)17-9-14-22(15-17)19(23)20(10-11-20)18-5-3-2-4-6-18/h2-6,16-17H,7-15H2,1H3. The molecule has 1 aliphatic carbocycles. The first-order chi connectivity index (χ1) is 11.2. The summed E-state index contributed by atoms with van der Waals surface area (Å²) < 4.78 is 0. The number of likely N-dealkylation sites (tertiary alicyclic amines) is 2. The van der Waals surface area contributed by atoms with Crippen molar-refractivity contribution in [3.8, 4) is 0 Å². The number of hydrogen-bond acceptors (Lipinski definition) is 2. The van der Waals surface area contributed by atoms with Gasteiger partial charge in [-0.25, -0.2) is 0 Å². The summed E-state index contributed by atoms with van der Waals surface area (Å²) in [6, 6.07) is 10.4. The Morgan fingerprint density at radius 2 is 1.65 bits per heavy atom. The molecule has 4 rings (SSSR count). The van der Waals surface area contributed by atoms with Gasteiger partial charge in [-0.2, -0.15) is 0 Å². The molecule has 1 unspecified atom stereocenters. The average Bonchev–Trinajstić information content (AvgIpc) is 3.26. The predicted octanol–water partition coefficient (Wildman–Crippen LogP) is 2.91. The van der Waals surface area contributed by atoms with Gasteiger partial charge in [-0.3, -0.25) is 4.79 Å². The SMILES string of the molecule is CN1CCC(C2CCN(C(=O)C3(c4ccccc4)CC3)C2)CC1. The smallest absolute Gasteiger partial charge is 0.233 e. The lowest BCUT2D eigenvalue weighted by atomic mass is 9.84. The Bertz CT molecular complexity index is 558. The molecular weight excluding hydrogens is 284 g/mol. The molecule has 1 atom stereocenters. The highest BCUT2D eigenvalue weighted by Gasteiger charge is 2.53. The van der Waals surface area contributed by atoms with E-state index in [9.17, 15) is 4.79 Å². The Morgan fingerprint density at radius 3 is 2.30 bits per heavy atom. The minimum atomic E-state index is -0.178. The zero-order chi connectivity index (χ0) is 15.9. The lowest BCUT2D eigenvalue weighted by molar-refractivity contribution is -0.133. The normalized spacial score (nSPS) is 28.0. The van der Waals surface area contributed by atoms with Crippen LogP contribution >= 0.6 is 0 Å². The van der Waals surface area contributed by atoms with Crippen molar-refractivity contribution in [1.29, 1.82) is 0 Å². The molecule has 0 radical (unpaired) electrons. The molecule has 3 nitrogen and oxygen atoms in total. The zero-order valence-electron chi connectivity index (χ0n) is 14.2. The summed E-state index contributed by atoms with van der Waals surface area (Å²) in [5.74, 6) is 1.97. The molecule has 2 heterocycles. The molecule has 0 aromatic heterocycles. The van der Waals surface area contributed by atoms with Gasteiger partial charge in [0.05, 0.1) is 5.41 Å². The first-order valence-corrected chi connectivity index (χ1v) is 9.22. The van der Waals surface area contributed by atoms with Gasteiger partial charge >= 0.3 is 0 Å². The average molecular weight is 312 g/mol. The van der Waals surface area contributed by atoms with Crippen molar-refractivity contribution in [3.05, 3.63) is 35.9 Å². The summed E-state index contributed by atoms with van der Waals surface area (Å²) in [4.78, 5) is 17.7. The number of benzene rings is 1. The van der Waals surface area contributed by atoms with E-state index in [1.807, 2.05) is 6.07 Å². The molecule has 0 bridgehead atoms. The third-order valence-corrected chi connectivity index (χ3v) is 6.43. The quantitative estimate of drug-likeness (QED) is 0.857. The molecule has 1 aromatic carbocycles. The molecule has 1 aromatic rings. The summed E-state index contributed by atoms with van der Waals surface area (Å²) in [6.45, 7) is 4.43. The van der Waals surface area contributed by atoms with Crippen LogP contribution in [0, 0.1) is 11.8 Å². The van der Waals surface area contributed by atoms with Crippen LogP contribution in [0.25, 0.3) is 0 Å². The van der Waals surface area contributed by atoms with Crippen LogP contribution < -0.4 is 0 Å². The van der Waals surface area contributed by atoms with Crippen LogP contribution in [0.3, 0.4) is 0 Å². The maximum Gasteiger partial charge on any atom is 0.233 e. The van der Waals surface area contributed by atoms with Crippen molar-refractivity contribution in [2.45, 2.75) is 37.5 Å². The van der Waals surface area contributed by atoms with Gasteiger partial charge in [0.2, 0.25) is 5.91 Å². The second kappa shape index (κ2) is 5.94. The minimum absolute atomic E-state index is 0.178. The van der Waals surface area contributed by atoms with Crippen LogP contribution in [0.5, 0.6) is 0 Å². The molecule has 1 amide bonds. The molecule has 2 saturated heterocycles. The van der Waals surface area contributed by atoms with E-state index in [-0.39, 0.29) is 5.41 Å². The van der Waals surface area contributed by atoms with E-state index >= 15 is 0 Å². The molecule has 3 aliphatic rings. The van der Waals surface area contributed by atoms with Gasteiger partial charge in [-0.15, -0.1) is 0 Å². The fourth-order valence-corrected chi connectivity index (χ4v) is 4.67. The number of rotatable bonds is 3. The number of carbonyl (C=O) groups excluding carboxylic acids is 1. The van der Waals surface area contributed by atoms with Crippen LogP contribution in [0.2, 0.25) is 0 Å². The second-order valence-electron chi connectivity index (χ2n) is 7.89. The van der Waals surface area contributed by atoms with Crippen molar-refractivity contribution in [2.24, 2.45) is 11.8 Å². The first kappa shape index (κ1) is 15.2. The second-order valence-corrected chi connectivity index (χ2v) is 7.89. The Balaban J connectivity index is 1.41. The molecule has 3 fully saturated rings. The predicted molar refractivity (Wildman–Crippen MR) is 92.3 cm³/mol. The number of carbonyl (C=O) groups is 1. The third kappa shape index (κ3) is 2.80. The molecule has 0 N–H and O–H groups in total. The molecule has 3 heteroatoms. The summed E-state index contributed by atoms with van der Waals surface area (Å²) in [5, 5.41) is 0. The van der Waals surface area contributed by atoms with Gasteiger partial charge in [-0.1, -0.05) is 30.3 Å². The molecule has 0 spiro atoms. The van der Waals surface area contributed by atoms with Crippen molar-refractivity contribution in [2.75, 3.05) is 33.2 Å². The van der Waals surface area contributed by atoms with Crippen molar-refractivity contribution >= 4 is 5.91 Å². The number of amides is 1. The topological polar surface area (TPSA) is 23.6 Å². The maximum absolute atomic E-state index is 13.1. The minimum Gasteiger partial charge on any atom is -0.342 e. The zero-order valence-corrected chi connectivity index (χ0v) is 14.2. The van der Waals surface area contributed by atoms with E-state index in [2.05, 4.69) is 41.1 Å². The number of piperidine rings is 1. The van der Waals surface area contributed by atoms with E-state index in [0.29, 0.717) is 5.91 Å². The number of nitrogens with zero attached hydrogens (tertiary/aromatic N) is 2. The van der Waals surface area contributed by atoms with E-state index in [1.54, 1.807) is 0 Å². The van der Waals surface area contributed by atoms with Gasteiger partial charge in [-0.05, 0) is 69.6 Å². The van der Waals surface area contributed by atoms with E-state index < -0.39 is 0 Å². The van der Waals surface area contributed by atoms with Crippen molar-refractivity contribution in [1.82, 2.24) is 9.80 Å². The highest BCUT2D eigenvalue weighted by atomic mass is 16.2. The van der Waals surface area contributed by atoms with Crippen LogP contribution in [0.1, 0.15) is 37.7 Å². The van der Waals surface area contributed by atoms with Crippen molar-refractivity contribution in [3.63, 3.8) is 0 Å². The lowest BCUT2D eigenvalue weighted by Gasteiger charge is -2.32. The molecule has 2 aliphatic heterocycles. The fourth-order valence-electron chi connectivity index (χ4n) is 4.67. The highest BCUT2D eigenvalue weighted by molar-refractivity contribution is 5.91. The number of hydrogen-bond donors (Lipinski definition) is 0. The van der Waals surface area contributed by atoms with E-state index in [4.69, 9.17) is 0 Å². The Kier molecular flexibility index (Phi) is 3.92. The van der Waals surface area contributed by atoms with Crippen LogP contribution in [-0.2, 0) is 10.2 Å². The van der Waals surface area contributed by atoms with E-state index in [0.717, 1.165) is 37.8 Å². The lowest BCUT2D eigenvalue weighted by Crippen LogP contribution is -2.39. The van der Waals surface area contributed by atoms with Gasteiger partial charge in [0.25, 0.3) is 0 Å². The van der Waals surface area contributed by atoms with E-state index in [1.165, 1.54) is 37.9 Å². The maximum atomic E-state index is 13.1. The van der Waals surface area contributed by atoms with Crippen LogP contribution in [0.15, 0.2) is 30.3 Å². The molecular formula is C20H28N2O. The Morgan fingerprint density at radius 1 is 1.00 bits per heavy atom. The van der Waals surface area contributed by atoms with Gasteiger partial charge in [0, 0.05) is 13.1 Å². The Labute approximate surface area is 139 Å².